The summed E-state index contributed by atoms with van der Waals surface area (Å²) in [5.74, 6) is -0.861. The minimum Gasteiger partial charge on any atom is -0.494 e. The number of carbonyl (C=O) groups excluding carboxylic acids is 3. The summed E-state index contributed by atoms with van der Waals surface area (Å²) >= 11 is 5.52. The van der Waals surface area contributed by atoms with Crippen LogP contribution >= 0.6 is 27.7 Å². The molecule has 3 aliphatic rings. The van der Waals surface area contributed by atoms with Gasteiger partial charge in [-0.25, -0.2) is 0 Å². The average Bonchev–Trinajstić information content (AvgIpc) is 3.61. The van der Waals surface area contributed by atoms with Gasteiger partial charge in [0.15, 0.2) is 0 Å². The minimum atomic E-state index is -0.791. The Kier molecular flexibility index (Phi) is 12.3. The lowest BCUT2D eigenvalue weighted by Gasteiger charge is -2.40. The molecule has 248 valence electrons. The first-order chi connectivity index (χ1) is 21.6. The highest BCUT2D eigenvalue weighted by Gasteiger charge is 2.76. The maximum absolute atomic E-state index is 14.8. The normalized spacial score (nSPS) is 27.4. The van der Waals surface area contributed by atoms with E-state index in [-0.39, 0.29) is 46.9 Å². The number of amides is 3. The number of fused-ring (bicyclic) bond motifs is 1. The van der Waals surface area contributed by atoms with Crippen molar-refractivity contribution in [1.29, 1.82) is 0 Å². The molecule has 0 aromatic heterocycles. The fraction of sp³-hybridized carbons (Fsp3) is 0.629. The van der Waals surface area contributed by atoms with Gasteiger partial charge < -0.3 is 24.5 Å². The summed E-state index contributed by atoms with van der Waals surface area (Å²) in [4.78, 5) is 49.3. The summed E-state index contributed by atoms with van der Waals surface area (Å²) in [5.41, 5.74) is 0.701. The number of unbranched alkanes of at least 4 members (excludes halogenated alkanes) is 2. The molecule has 1 aromatic rings. The van der Waals surface area contributed by atoms with Crippen LogP contribution in [0.1, 0.15) is 59.8 Å². The van der Waals surface area contributed by atoms with E-state index in [4.69, 9.17) is 4.74 Å². The Morgan fingerprint density at radius 2 is 1.84 bits per heavy atom. The topological polar surface area (TPSA) is 90.4 Å². The summed E-state index contributed by atoms with van der Waals surface area (Å²) in [5, 5.41) is 10.5. The fourth-order valence-corrected chi connectivity index (χ4v) is 11.1. The van der Waals surface area contributed by atoms with Gasteiger partial charge in [0.25, 0.3) is 0 Å². The van der Waals surface area contributed by atoms with Crippen molar-refractivity contribution >= 4 is 51.1 Å². The van der Waals surface area contributed by atoms with Crippen molar-refractivity contribution < 1.29 is 24.2 Å². The monoisotopic (exact) mass is 703 g/mol. The second-order valence-electron chi connectivity index (χ2n) is 12.8. The molecular formula is C35H50BrN3O5S. The Balaban J connectivity index is 1.79. The third-order valence-electron chi connectivity index (χ3n) is 9.32. The molecule has 3 fully saturated rings. The Hall–Kier alpha value is -2.30. The molecule has 0 saturated carbocycles. The quantitative estimate of drug-likeness (QED) is 0.128. The first kappa shape index (κ1) is 35.6. The summed E-state index contributed by atoms with van der Waals surface area (Å²) in [6.07, 6.45) is 7.47. The van der Waals surface area contributed by atoms with Crippen LogP contribution in [-0.2, 0) is 14.4 Å². The van der Waals surface area contributed by atoms with E-state index in [9.17, 15) is 19.5 Å². The van der Waals surface area contributed by atoms with Crippen molar-refractivity contribution in [3.8, 4) is 5.75 Å². The summed E-state index contributed by atoms with van der Waals surface area (Å²) in [7, 11) is 0. The summed E-state index contributed by atoms with van der Waals surface area (Å²) in [6.45, 7) is 17.5. The van der Waals surface area contributed by atoms with E-state index in [0.717, 1.165) is 19.3 Å². The van der Waals surface area contributed by atoms with E-state index < -0.39 is 28.7 Å². The van der Waals surface area contributed by atoms with E-state index in [2.05, 4.69) is 49.9 Å². The van der Waals surface area contributed by atoms with Gasteiger partial charge in [-0.1, -0.05) is 61.7 Å². The van der Waals surface area contributed by atoms with Crippen molar-refractivity contribution in [1.82, 2.24) is 9.80 Å². The lowest BCUT2D eigenvalue weighted by molar-refractivity contribution is -0.146. The highest BCUT2D eigenvalue weighted by atomic mass is 79.9. The molecule has 3 unspecified atom stereocenters. The van der Waals surface area contributed by atoms with Gasteiger partial charge in [0, 0.05) is 35.4 Å². The number of aliphatic hydroxyl groups is 1. The SMILES string of the molecule is C=CCN(CCCCC)C(=O)C1N([C@@H](CO)CC(C)C)C(=O)[C@@H]2[C@@H](C(=O)N(CC=C)c3ccc(OCC)cc3)[C@@H]3SC12CC3Br. The van der Waals surface area contributed by atoms with Crippen molar-refractivity contribution in [2.45, 2.75) is 86.7 Å². The molecule has 3 aliphatic heterocycles. The average molecular weight is 705 g/mol. The number of thioether (sulfide) groups is 1. The van der Waals surface area contributed by atoms with Crippen LogP contribution in [0.4, 0.5) is 5.69 Å². The number of hydrogen-bond acceptors (Lipinski definition) is 6. The number of anilines is 1. The number of nitrogens with zero attached hydrogens (tertiary/aromatic N) is 3. The van der Waals surface area contributed by atoms with Gasteiger partial charge in [-0.2, -0.15) is 0 Å². The zero-order chi connectivity index (χ0) is 32.9. The Morgan fingerprint density at radius 1 is 1.16 bits per heavy atom. The van der Waals surface area contributed by atoms with Gasteiger partial charge in [0.2, 0.25) is 17.7 Å². The number of ether oxygens (including phenoxy) is 1. The molecule has 10 heteroatoms. The number of benzene rings is 1. The molecule has 1 spiro atoms. The number of rotatable bonds is 17. The van der Waals surface area contributed by atoms with Gasteiger partial charge >= 0.3 is 0 Å². The number of carbonyl (C=O) groups is 3. The molecule has 3 saturated heterocycles. The first-order valence-electron chi connectivity index (χ1n) is 16.4. The van der Waals surface area contributed by atoms with E-state index >= 15 is 0 Å². The molecule has 0 aliphatic carbocycles. The van der Waals surface area contributed by atoms with Crippen molar-refractivity contribution in [2.75, 3.05) is 37.7 Å². The smallest absolute Gasteiger partial charge is 0.247 e. The zero-order valence-corrected chi connectivity index (χ0v) is 29.6. The van der Waals surface area contributed by atoms with Crippen LogP contribution in [-0.4, -0.2) is 92.4 Å². The molecule has 1 aromatic carbocycles. The highest BCUT2D eigenvalue weighted by molar-refractivity contribution is 9.09. The third-order valence-corrected chi connectivity index (χ3v) is 12.5. The fourth-order valence-electron chi connectivity index (χ4n) is 7.54. The van der Waals surface area contributed by atoms with Crippen molar-refractivity contribution in [3.05, 3.63) is 49.6 Å². The van der Waals surface area contributed by atoms with Crippen molar-refractivity contribution in [3.63, 3.8) is 0 Å². The summed E-state index contributed by atoms with van der Waals surface area (Å²) < 4.78 is 4.82. The van der Waals surface area contributed by atoms with Crippen LogP contribution in [0.2, 0.25) is 0 Å². The van der Waals surface area contributed by atoms with E-state index in [1.807, 2.05) is 36.1 Å². The van der Waals surface area contributed by atoms with Gasteiger partial charge in [0.1, 0.15) is 11.8 Å². The first-order valence-corrected chi connectivity index (χ1v) is 18.2. The van der Waals surface area contributed by atoms with Gasteiger partial charge in [-0.15, -0.1) is 24.9 Å². The molecule has 2 bridgehead atoms. The van der Waals surface area contributed by atoms with Gasteiger partial charge in [-0.05, 0) is 56.4 Å². The maximum atomic E-state index is 14.8. The zero-order valence-electron chi connectivity index (χ0n) is 27.2. The van der Waals surface area contributed by atoms with Crippen LogP contribution in [0.25, 0.3) is 0 Å². The lowest BCUT2D eigenvalue weighted by atomic mass is 9.70. The van der Waals surface area contributed by atoms with Crippen LogP contribution < -0.4 is 9.64 Å². The molecule has 8 nitrogen and oxygen atoms in total. The number of halogens is 1. The number of likely N-dealkylation sites (tertiary alicyclic amines) is 1. The second-order valence-corrected chi connectivity index (χ2v) is 15.5. The molecule has 3 heterocycles. The van der Waals surface area contributed by atoms with E-state index in [1.165, 1.54) is 0 Å². The van der Waals surface area contributed by atoms with Crippen LogP contribution in [0.3, 0.4) is 0 Å². The van der Waals surface area contributed by atoms with E-state index in [1.54, 1.807) is 33.7 Å². The molecule has 3 amide bonds. The van der Waals surface area contributed by atoms with Crippen LogP contribution in [0, 0.1) is 17.8 Å². The predicted octanol–water partition coefficient (Wildman–Crippen LogP) is 5.68. The molecular weight excluding hydrogens is 654 g/mol. The maximum Gasteiger partial charge on any atom is 0.247 e. The molecule has 4 rings (SSSR count). The van der Waals surface area contributed by atoms with Crippen LogP contribution in [0.5, 0.6) is 5.75 Å². The molecule has 45 heavy (non-hydrogen) atoms. The van der Waals surface area contributed by atoms with Gasteiger partial charge in [-0.3, -0.25) is 14.4 Å². The van der Waals surface area contributed by atoms with Crippen LogP contribution in [0.15, 0.2) is 49.6 Å². The Bertz CT molecular complexity index is 1230. The number of hydrogen-bond donors (Lipinski definition) is 1. The molecule has 0 radical (unpaired) electrons. The highest BCUT2D eigenvalue weighted by Crippen LogP contribution is 2.68. The summed E-state index contributed by atoms with van der Waals surface area (Å²) in [6, 6.07) is 6.10. The molecule has 7 atom stereocenters. The lowest BCUT2D eigenvalue weighted by Crippen LogP contribution is -2.58. The van der Waals surface area contributed by atoms with Gasteiger partial charge in [0.05, 0.1) is 35.8 Å². The second kappa shape index (κ2) is 15.5. The number of aliphatic hydroxyl groups excluding tert-OH is 1. The van der Waals surface area contributed by atoms with Crippen molar-refractivity contribution in [2.24, 2.45) is 17.8 Å². The Morgan fingerprint density at radius 3 is 2.42 bits per heavy atom. The number of alkyl halides is 1. The largest absolute Gasteiger partial charge is 0.494 e. The Labute approximate surface area is 281 Å². The predicted molar refractivity (Wildman–Crippen MR) is 186 cm³/mol. The van der Waals surface area contributed by atoms with E-state index in [0.29, 0.717) is 44.0 Å². The molecule has 1 N–H and O–H groups in total. The third kappa shape index (κ3) is 6.89. The minimum absolute atomic E-state index is 0.0488. The standard InChI is InChI=1S/C35H50BrN3O5S/c1-7-11-12-19-37(17-8-2)34(43)31-35-21-27(36)30(45-35)28(29(35)33(42)39(31)25(22-40)20-23(5)6)32(41)38(18-9-3)24-13-15-26(16-14-24)44-10-4/h8-9,13-16,23,25,27-31,40H,2-3,7,10-12,17-22H2,1,4-6H3/t25-,27?,28-,29+,30-,31?,35?/m1/s1.